The molecule has 0 spiro atoms. The Kier molecular flexibility index (Phi) is 4.37. The minimum absolute atomic E-state index is 0.103. The Morgan fingerprint density at radius 2 is 2.11 bits per heavy atom. The van der Waals surface area contributed by atoms with Gasteiger partial charge in [0.1, 0.15) is 5.69 Å². The van der Waals surface area contributed by atoms with Crippen molar-refractivity contribution < 1.29 is 9.90 Å². The molecule has 1 saturated heterocycles. The van der Waals surface area contributed by atoms with Crippen molar-refractivity contribution in [1.82, 2.24) is 9.88 Å². The zero-order chi connectivity index (χ0) is 13.8. The number of aromatic nitrogens is 1. The summed E-state index contributed by atoms with van der Waals surface area (Å²) < 4.78 is 0. The lowest BCUT2D eigenvalue weighted by atomic mass is 9.96. The average molecular weight is 263 g/mol. The second-order valence-corrected chi connectivity index (χ2v) is 5.40. The highest BCUT2D eigenvalue weighted by molar-refractivity contribution is 5.85. The second-order valence-electron chi connectivity index (χ2n) is 5.40. The quantitative estimate of drug-likeness (QED) is 0.893. The predicted octanol–water partition coefficient (Wildman–Crippen LogP) is 1.56. The summed E-state index contributed by atoms with van der Waals surface area (Å²) in [5.74, 6) is -0.214. The van der Waals surface area contributed by atoms with E-state index in [1.807, 2.05) is 6.07 Å². The first-order chi connectivity index (χ1) is 9.06. The van der Waals surface area contributed by atoms with Crippen LogP contribution in [-0.2, 0) is 0 Å². The number of nitrogens with zero attached hydrogens (tertiary/aromatic N) is 3. The van der Waals surface area contributed by atoms with Crippen LogP contribution in [0.3, 0.4) is 0 Å². The fourth-order valence-corrected chi connectivity index (χ4v) is 2.59. The number of carboxylic acids is 1. The van der Waals surface area contributed by atoms with Gasteiger partial charge in [0, 0.05) is 19.6 Å². The molecule has 0 aromatic carbocycles. The topological polar surface area (TPSA) is 56.7 Å². The summed E-state index contributed by atoms with van der Waals surface area (Å²) >= 11 is 0. The molecule has 5 nitrogen and oxygen atoms in total. The minimum atomic E-state index is -0.976. The van der Waals surface area contributed by atoms with Crippen LogP contribution in [0.1, 0.15) is 23.3 Å². The van der Waals surface area contributed by atoms with E-state index in [1.54, 1.807) is 12.3 Å². The van der Waals surface area contributed by atoms with E-state index in [2.05, 4.69) is 28.9 Å². The van der Waals surface area contributed by atoms with Crippen molar-refractivity contribution in [3.63, 3.8) is 0 Å². The largest absolute Gasteiger partial charge is 0.477 e. The highest BCUT2D eigenvalue weighted by Gasteiger charge is 2.20. The van der Waals surface area contributed by atoms with E-state index in [-0.39, 0.29) is 5.69 Å². The third-order valence-corrected chi connectivity index (χ3v) is 3.57. The molecule has 0 atom stereocenters. The summed E-state index contributed by atoms with van der Waals surface area (Å²) in [5, 5.41) is 8.82. The van der Waals surface area contributed by atoms with Crippen molar-refractivity contribution in [2.45, 2.75) is 12.8 Å². The van der Waals surface area contributed by atoms with E-state index in [9.17, 15) is 4.79 Å². The molecule has 2 heterocycles. The molecular weight excluding hydrogens is 242 g/mol. The van der Waals surface area contributed by atoms with Gasteiger partial charge in [-0.3, -0.25) is 0 Å². The van der Waals surface area contributed by atoms with E-state index in [0.717, 1.165) is 31.2 Å². The van der Waals surface area contributed by atoms with Gasteiger partial charge in [-0.25, -0.2) is 9.78 Å². The molecule has 0 bridgehead atoms. The minimum Gasteiger partial charge on any atom is -0.477 e. The summed E-state index contributed by atoms with van der Waals surface area (Å²) in [6.07, 6.45) is 4.02. The molecule has 1 aliphatic heterocycles. The maximum absolute atomic E-state index is 10.8. The van der Waals surface area contributed by atoms with E-state index in [1.165, 1.54) is 12.8 Å². The maximum Gasteiger partial charge on any atom is 0.354 e. The van der Waals surface area contributed by atoms with E-state index in [4.69, 9.17) is 5.11 Å². The maximum atomic E-state index is 10.8. The summed E-state index contributed by atoms with van der Waals surface area (Å²) in [6, 6.07) is 3.42. The Morgan fingerprint density at radius 3 is 2.58 bits per heavy atom. The van der Waals surface area contributed by atoms with Crippen molar-refractivity contribution in [2.24, 2.45) is 5.92 Å². The average Bonchev–Trinajstić information content (AvgIpc) is 2.39. The number of pyridine rings is 1. The molecular formula is C14H21N3O2. The molecule has 0 aliphatic carbocycles. The van der Waals surface area contributed by atoms with Gasteiger partial charge in [-0.15, -0.1) is 0 Å². The zero-order valence-corrected chi connectivity index (χ0v) is 11.5. The normalized spacial score (nSPS) is 16.9. The smallest absolute Gasteiger partial charge is 0.354 e. The first-order valence-corrected chi connectivity index (χ1v) is 6.65. The third kappa shape index (κ3) is 3.67. The number of carbonyl (C=O) groups is 1. The Hall–Kier alpha value is -1.62. The number of piperidine rings is 1. The highest BCUT2D eigenvalue weighted by Crippen LogP contribution is 2.23. The molecule has 0 amide bonds. The fourth-order valence-electron chi connectivity index (χ4n) is 2.59. The van der Waals surface area contributed by atoms with Crippen LogP contribution in [0.5, 0.6) is 0 Å². The van der Waals surface area contributed by atoms with Crippen LogP contribution in [0.4, 0.5) is 5.69 Å². The number of rotatable bonds is 4. The monoisotopic (exact) mass is 263 g/mol. The van der Waals surface area contributed by atoms with E-state index >= 15 is 0 Å². The SMILES string of the molecule is CN(C)CC1CCN(c2ccc(C(=O)O)nc2)CC1. The molecule has 19 heavy (non-hydrogen) atoms. The number of hydrogen-bond acceptors (Lipinski definition) is 4. The molecule has 104 valence electrons. The van der Waals surface area contributed by atoms with Gasteiger partial charge in [0.25, 0.3) is 0 Å². The second kappa shape index (κ2) is 6.02. The van der Waals surface area contributed by atoms with Crippen LogP contribution in [0, 0.1) is 5.92 Å². The zero-order valence-electron chi connectivity index (χ0n) is 11.5. The molecule has 0 unspecified atom stereocenters. The lowest BCUT2D eigenvalue weighted by Gasteiger charge is -2.34. The molecule has 5 heteroatoms. The molecule has 0 saturated carbocycles. The van der Waals surface area contributed by atoms with E-state index < -0.39 is 5.97 Å². The summed E-state index contributed by atoms with van der Waals surface area (Å²) in [6.45, 7) is 3.18. The molecule has 1 aliphatic rings. The lowest BCUT2D eigenvalue weighted by molar-refractivity contribution is 0.0690. The van der Waals surface area contributed by atoms with Crippen LogP contribution in [0.2, 0.25) is 0 Å². The Balaban J connectivity index is 1.92. The molecule has 1 aromatic rings. The summed E-state index contributed by atoms with van der Waals surface area (Å²) in [5.41, 5.74) is 1.12. The van der Waals surface area contributed by atoms with Gasteiger partial charge in [-0.1, -0.05) is 0 Å². The predicted molar refractivity (Wildman–Crippen MR) is 74.7 cm³/mol. The number of aromatic carboxylic acids is 1. The van der Waals surface area contributed by atoms with Crippen LogP contribution >= 0.6 is 0 Å². The van der Waals surface area contributed by atoms with Gasteiger partial charge < -0.3 is 14.9 Å². The van der Waals surface area contributed by atoms with E-state index in [0.29, 0.717) is 0 Å². The van der Waals surface area contributed by atoms with Gasteiger partial charge in [0.05, 0.1) is 11.9 Å². The van der Waals surface area contributed by atoms with Crippen molar-refractivity contribution in [3.05, 3.63) is 24.0 Å². The highest BCUT2D eigenvalue weighted by atomic mass is 16.4. The van der Waals surface area contributed by atoms with Gasteiger partial charge in [0.15, 0.2) is 0 Å². The van der Waals surface area contributed by atoms with Crippen molar-refractivity contribution in [3.8, 4) is 0 Å². The van der Waals surface area contributed by atoms with Gasteiger partial charge in [-0.2, -0.15) is 0 Å². The molecule has 1 fully saturated rings. The Labute approximate surface area is 113 Å². The standard InChI is InChI=1S/C14H21N3O2/c1-16(2)10-11-5-7-17(8-6-11)12-3-4-13(14(18)19)15-9-12/h3-4,9,11H,5-8,10H2,1-2H3,(H,18,19). The molecule has 0 radical (unpaired) electrons. The van der Waals surface area contributed by atoms with Crippen molar-refractivity contribution in [2.75, 3.05) is 38.6 Å². The first kappa shape index (κ1) is 13.8. The molecule has 1 N–H and O–H groups in total. The molecule has 2 rings (SSSR count). The Morgan fingerprint density at radius 1 is 1.42 bits per heavy atom. The third-order valence-electron chi connectivity index (χ3n) is 3.57. The number of anilines is 1. The van der Waals surface area contributed by atoms with Crippen LogP contribution in [0.15, 0.2) is 18.3 Å². The van der Waals surface area contributed by atoms with Crippen LogP contribution < -0.4 is 4.90 Å². The summed E-state index contributed by atoms with van der Waals surface area (Å²) in [4.78, 5) is 19.2. The number of carboxylic acid groups (broad SMARTS) is 1. The van der Waals surface area contributed by atoms with Gasteiger partial charge in [-0.05, 0) is 45.0 Å². The van der Waals surface area contributed by atoms with Crippen molar-refractivity contribution in [1.29, 1.82) is 0 Å². The summed E-state index contributed by atoms with van der Waals surface area (Å²) in [7, 11) is 4.22. The van der Waals surface area contributed by atoms with Crippen LogP contribution in [0.25, 0.3) is 0 Å². The number of hydrogen-bond donors (Lipinski definition) is 1. The lowest BCUT2D eigenvalue weighted by Crippen LogP contribution is -2.37. The Bertz CT molecular complexity index is 423. The fraction of sp³-hybridized carbons (Fsp3) is 0.571. The first-order valence-electron chi connectivity index (χ1n) is 6.65. The van der Waals surface area contributed by atoms with Crippen molar-refractivity contribution >= 4 is 11.7 Å². The molecule has 1 aromatic heterocycles. The van der Waals surface area contributed by atoms with Gasteiger partial charge in [0.2, 0.25) is 0 Å². The van der Waals surface area contributed by atoms with Gasteiger partial charge >= 0.3 is 5.97 Å². The van der Waals surface area contributed by atoms with Crippen LogP contribution in [-0.4, -0.2) is 54.7 Å².